The molecule has 116 valence electrons. The summed E-state index contributed by atoms with van der Waals surface area (Å²) >= 11 is 5.58. The first kappa shape index (κ1) is 15.9. The number of methoxy groups -OCH3 is 2. The largest absolute Gasteiger partial charge is 0.493 e. The summed E-state index contributed by atoms with van der Waals surface area (Å²) in [7, 11) is 3.30. The van der Waals surface area contributed by atoms with Gasteiger partial charge in [-0.05, 0) is 31.5 Å². The highest BCUT2D eigenvalue weighted by Gasteiger charge is 2.29. The first-order valence-electron chi connectivity index (χ1n) is 7.44. The van der Waals surface area contributed by atoms with Gasteiger partial charge in [0.1, 0.15) is 0 Å². The van der Waals surface area contributed by atoms with Crippen molar-refractivity contribution in [3.05, 3.63) is 16.9 Å². The van der Waals surface area contributed by atoms with Crippen LogP contribution in [0, 0.1) is 4.77 Å². The molecule has 0 saturated carbocycles. The summed E-state index contributed by atoms with van der Waals surface area (Å²) in [5, 5.41) is 0. The first-order chi connectivity index (χ1) is 10.1. The van der Waals surface area contributed by atoms with Gasteiger partial charge in [-0.2, -0.15) is 0 Å². The van der Waals surface area contributed by atoms with Crippen molar-refractivity contribution in [1.82, 2.24) is 9.55 Å². The Morgan fingerprint density at radius 1 is 1.05 bits per heavy atom. The lowest BCUT2D eigenvalue weighted by atomic mass is 9.89. The SMILES string of the molecule is CCC(CC)(CC)n1c(=S)[nH]c2cc(OC)c(OC)cc21. The van der Waals surface area contributed by atoms with Crippen LogP contribution in [0.1, 0.15) is 40.0 Å². The van der Waals surface area contributed by atoms with E-state index in [2.05, 4.69) is 30.3 Å². The summed E-state index contributed by atoms with van der Waals surface area (Å²) < 4.78 is 13.8. The molecule has 0 spiro atoms. The zero-order valence-corrected chi connectivity index (χ0v) is 14.3. The van der Waals surface area contributed by atoms with Crippen LogP contribution in [0.25, 0.3) is 11.0 Å². The maximum absolute atomic E-state index is 5.58. The van der Waals surface area contributed by atoms with E-state index in [1.165, 1.54) is 0 Å². The molecule has 4 nitrogen and oxygen atoms in total. The van der Waals surface area contributed by atoms with Gasteiger partial charge in [0.2, 0.25) is 0 Å². The quantitative estimate of drug-likeness (QED) is 0.790. The van der Waals surface area contributed by atoms with Crippen molar-refractivity contribution in [1.29, 1.82) is 0 Å². The molecule has 5 heteroatoms. The van der Waals surface area contributed by atoms with Crippen LogP contribution in [-0.2, 0) is 5.54 Å². The van der Waals surface area contributed by atoms with Crippen LogP contribution < -0.4 is 9.47 Å². The van der Waals surface area contributed by atoms with Gasteiger partial charge in [-0.1, -0.05) is 20.8 Å². The molecule has 0 radical (unpaired) electrons. The lowest BCUT2D eigenvalue weighted by Gasteiger charge is -2.33. The number of nitrogens with zero attached hydrogens (tertiary/aromatic N) is 1. The molecule has 1 N–H and O–H groups in total. The highest BCUT2D eigenvalue weighted by atomic mass is 32.1. The van der Waals surface area contributed by atoms with Crippen molar-refractivity contribution in [2.45, 2.75) is 45.6 Å². The van der Waals surface area contributed by atoms with Crippen LogP contribution in [-0.4, -0.2) is 23.8 Å². The molecule has 21 heavy (non-hydrogen) atoms. The second-order valence-corrected chi connectivity index (χ2v) is 5.66. The van der Waals surface area contributed by atoms with Gasteiger partial charge in [-0.3, -0.25) is 0 Å². The predicted octanol–water partition coefficient (Wildman–Crippen LogP) is 4.64. The Hall–Kier alpha value is -1.49. The van der Waals surface area contributed by atoms with Crippen molar-refractivity contribution in [2.24, 2.45) is 0 Å². The zero-order chi connectivity index (χ0) is 15.6. The fraction of sp³-hybridized carbons (Fsp3) is 0.562. The number of ether oxygens (including phenoxy) is 2. The van der Waals surface area contributed by atoms with Crippen LogP contribution in [0.3, 0.4) is 0 Å². The maximum atomic E-state index is 5.58. The van der Waals surface area contributed by atoms with Gasteiger partial charge in [0.15, 0.2) is 16.3 Å². The van der Waals surface area contributed by atoms with E-state index in [1.54, 1.807) is 14.2 Å². The molecule has 2 rings (SSSR count). The van der Waals surface area contributed by atoms with E-state index in [0.29, 0.717) is 5.75 Å². The van der Waals surface area contributed by atoms with E-state index in [1.807, 2.05) is 12.1 Å². The van der Waals surface area contributed by atoms with Crippen molar-refractivity contribution in [3.8, 4) is 11.5 Å². The van der Waals surface area contributed by atoms with E-state index in [4.69, 9.17) is 21.7 Å². The molecule has 0 aliphatic rings. The summed E-state index contributed by atoms with van der Waals surface area (Å²) in [5.41, 5.74) is 2.09. The average Bonchev–Trinajstić information content (AvgIpc) is 2.84. The second-order valence-electron chi connectivity index (χ2n) is 5.27. The summed E-state index contributed by atoms with van der Waals surface area (Å²) in [5.74, 6) is 1.44. The molecule has 0 amide bonds. The van der Waals surface area contributed by atoms with E-state index in [9.17, 15) is 0 Å². The van der Waals surface area contributed by atoms with E-state index in [-0.39, 0.29) is 5.54 Å². The molecule has 1 aromatic carbocycles. The predicted molar refractivity (Wildman–Crippen MR) is 89.1 cm³/mol. The first-order valence-corrected chi connectivity index (χ1v) is 7.84. The fourth-order valence-corrected chi connectivity index (χ4v) is 3.53. The Morgan fingerprint density at radius 3 is 2.05 bits per heavy atom. The number of aromatic amines is 1. The third-order valence-corrected chi connectivity index (χ3v) is 4.92. The molecular weight excluding hydrogens is 284 g/mol. The summed E-state index contributed by atoms with van der Waals surface area (Å²) in [6.07, 6.45) is 3.11. The topological polar surface area (TPSA) is 39.2 Å². The lowest BCUT2D eigenvalue weighted by Crippen LogP contribution is -2.31. The molecule has 1 heterocycles. The highest BCUT2D eigenvalue weighted by Crippen LogP contribution is 2.37. The summed E-state index contributed by atoms with van der Waals surface area (Å²) in [4.78, 5) is 3.30. The Labute approximate surface area is 131 Å². The van der Waals surface area contributed by atoms with Crippen molar-refractivity contribution in [2.75, 3.05) is 14.2 Å². The molecule has 0 aliphatic carbocycles. The molecule has 0 atom stereocenters. The molecule has 2 aromatic rings. The summed E-state index contributed by atoms with van der Waals surface area (Å²) in [6.45, 7) is 6.65. The number of fused-ring (bicyclic) bond motifs is 1. The van der Waals surface area contributed by atoms with Crippen LogP contribution in [0.5, 0.6) is 11.5 Å². The van der Waals surface area contributed by atoms with Gasteiger partial charge < -0.3 is 19.0 Å². The maximum Gasteiger partial charge on any atom is 0.178 e. The lowest BCUT2D eigenvalue weighted by molar-refractivity contribution is 0.255. The van der Waals surface area contributed by atoms with Crippen LogP contribution in [0.15, 0.2) is 12.1 Å². The number of nitrogens with one attached hydrogen (secondary N) is 1. The van der Waals surface area contributed by atoms with Gasteiger partial charge in [-0.25, -0.2) is 0 Å². The molecule has 1 aromatic heterocycles. The third kappa shape index (κ3) is 2.44. The van der Waals surface area contributed by atoms with Gasteiger partial charge in [0.25, 0.3) is 0 Å². The molecule has 0 aliphatic heterocycles. The minimum atomic E-state index is 0.0366. The van der Waals surface area contributed by atoms with E-state index in [0.717, 1.165) is 40.8 Å². The normalized spacial score (nSPS) is 11.9. The van der Waals surface area contributed by atoms with Crippen molar-refractivity contribution < 1.29 is 9.47 Å². The minimum absolute atomic E-state index is 0.0366. The summed E-state index contributed by atoms with van der Waals surface area (Å²) in [6, 6.07) is 3.96. The number of H-pyrrole nitrogens is 1. The molecular formula is C16H24N2O2S. The number of hydrogen-bond donors (Lipinski definition) is 1. The number of aromatic nitrogens is 2. The standard InChI is InChI=1S/C16H24N2O2S/c1-6-16(7-2,8-3)18-12-10-14(20-5)13(19-4)9-11(12)17-15(18)21/h9-10H,6-8H2,1-5H3,(H,17,21). The number of hydrogen-bond acceptors (Lipinski definition) is 3. The monoisotopic (exact) mass is 308 g/mol. The second kappa shape index (κ2) is 6.10. The van der Waals surface area contributed by atoms with Gasteiger partial charge in [-0.15, -0.1) is 0 Å². The van der Waals surface area contributed by atoms with Crippen molar-refractivity contribution in [3.63, 3.8) is 0 Å². The number of rotatable bonds is 6. The third-order valence-electron chi connectivity index (χ3n) is 4.64. The Kier molecular flexibility index (Phi) is 4.61. The minimum Gasteiger partial charge on any atom is -0.493 e. The van der Waals surface area contributed by atoms with Crippen LogP contribution in [0.2, 0.25) is 0 Å². The van der Waals surface area contributed by atoms with Gasteiger partial charge in [0, 0.05) is 17.7 Å². The van der Waals surface area contributed by atoms with Crippen molar-refractivity contribution >= 4 is 23.3 Å². The van der Waals surface area contributed by atoms with Gasteiger partial charge >= 0.3 is 0 Å². The van der Waals surface area contributed by atoms with E-state index >= 15 is 0 Å². The van der Waals surface area contributed by atoms with Crippen LogP contribution >= 0.6 is 12.2 Å². The number of imidazole rings is 1. The Morgan fingerprint density at radius 2 is 1.57 bits per heavy atom. The Bertz CT molecular complexity index is 675. The van der Waals surface area contributed by atoms with Gasteiger partial charge in [0.05, 0.1) is 25.3 Å². The zero-order valence-electron chi connectivity index (χ0n) is 13.4. The highest BCUT2D eigenvalue weighted by molar-refractivity contribution is 7.71. The van der Waals surface area contributed by atoms with E-state index < -0.39 is 0 Å². The molecule has 0 saturated heterocycles. The molecule has 0 fully saturated rings. The average molecular weight is 308 g/mol. The number of benzene rings is 1. The fourth-order valence-electron chi connectivity index (χ4n) is 3.13. The molecule has 0 bridgehead atoms. The Balaban J connectivity index is 2.81. The van der Waals surface area contributed by atoms with Crippen LogP contribution in [0.4, 0.5) is 0 Å². The smallest absolute Gasteiger partial charge is 0.178 e. The molecule has 0 unspecified atom stereocenters.